The van der Waals surface area contributed by atoms with Crippen molar-refractivity contribution in [3.63, 3.8) is 0 Å². The highest BCUT2D eigenvalue weighted by atomic mass is 32.2. The second kappa shape index (κ2) is 7.59. The number of ketones is 1. The number of nitrogens with zero attached hydrogens (tertiary/aromatic N) is 1. The van der Waals surface area contributed by atoms with Crippen molar-refractivity contribution in [1.29, 1.82) is 0 Å². The van der Waals surface area contributed by atoms with Crippen LogP contribution in [0.4, 0.5) is 14.5 Å². The van der Waals surface area contributed by atoms with Crippen LogP contribution in [0.2, 0.25) is 0 Å². The summed E-state index contributed by atoms with van der Waals surface area (Å²) in [6.45, 7) is 2.58. The fourth-order valence-electron chi connectivity index (χ4n) is 3.10. The highest BCUT2D eigenvalue weighted by molar-refractivity contribution is 8.00. The molecular formula is C21H17F2N3OS. The molecular weight excluding hydrogens is 380 g/mol. The number of nitrogens with one attached hydrogen (secondary N) is 2. The monoisotopic (exact) mass is 397 g/mol. The van der Waals surface area contributed by atoms with Crippen LogP contribution >= 0.6 is 11.9 Å². The molecule has 2 N–H and O–H groups in total. The predicted molar refractivity (Wildman–Crippen MR) is 106 cm³/mol. The van der Waals surface area contributed by atoms with Crippen LogP contribution in [-0.2, 0) is 0 Å². The average molecular weight is 397 g/mol. The lowest BCUT2D eigenvalue weighted by Crippen LogP contribution is -2.30. The van der Waals surface area contributed by atoms with Gasteiger partial charge in [-0.25, -0.2) is 8.78 Å². The van der Waals surface area contributed by atoms with Crippen LogP contribution in [0.25, 0.3) is 6.08 Å². The first-order valence-corrected chi connectivity index (χ1v) is 9.60. The maximum absolute atomic E-state index is 15.0. The highest BCUT2D eigenvalue weighted by Crippen LogP contribution is 2.28. The van der Waals surface area contributed by atoms with Gasteiger partial charge in [-0.05, 0) is 55.1 Å². The number of H-pyrrole nitrogens is 1. The van der Waals surface area contributed by atoms with Crippen molar-refractivity contribution in [3.05, 3.63) is 81.6 Å². The molecule has 4 nitrogen and oxygen atoms in total. The summed E-state index contributed by atoms with van der Waals surface area (Å²) in [6.07, 6.45) is 4.00. The van der Waals surface area contributed by atoms with E-state index in [-0.39, 0.29) is 11.3 Å². The molecule has 1 aliphatic heterocycles. The Bertz CT molecular complexity index is 1190. The average Bonchev–Trinajstić information content (AvgIpc) is 3.11. The van der Waals surface area contributed by atoms with Crippen LogP contribution in [0.5, 0.6) is 0 Å². The zero-order chi connectivity index (χ0) is 19.7. The maximum Gasteiger partial charge on any atom is 0.201 e. The first-order valence-electron chi connectivity index (χ1n) is 8.79. The van der Waals surface area contributed by atoms with Crippen molar-refractivity contribution >= 4 is 29.5 Å². The quantitative estimate of drug-likeness (QED) is 0.509. The van der Waals surface area contributed by atoms with Crippen LogP contribution in [0.15, 0.2) is 52.5 Å². The van der Waals surface area contributed by atoms with Gasteiger partial charge in [-0.2, -0.15) is 0 Å². The Morgan fingerprint density at radius 3 is 2.93 bits per heavy atom. The number of anilines is 1. The number of carbonyl (C=O) groups excluding carboxylic acids is 1. The van der Waals surface area contributed by atoms with Crippen LogP contribution in [-0.4, -0.2) is 17.3 Å². The molecule has 0 aliphatic carbocycles. The van der Waals surface area contributed by atoms with Gasteiger partial charge in [0, 0.05) is 28.4 Å². The van der Waals surface area contributed by atoms with Gasteiger partial charge in [0.2, 0.25) is 5.78 Å². The summed E-state index contributed by atoms with van der Waals surface area (Å²) in [5.74, 6) is -2.51. The zero-order valence-electron chi connectivity index (χ0n) is 15.1. The molecule has 0 saturated heterocycles. The molecule has 0 unspecified atom stereocenters. The molecule has 0 amide bonds. The molecule has 2 heterocycles. The fraction of sp³-hybridized carbons (Fsp3) is 0.143. The molecule has 0 bridgehead atoms. The van der Waals surface area contributed by atoms with Crippen LogP contribution in [0, 0.1) is 18.6 Å². The van der Waals surface area contributed by atoms with E-state index in [9.17, 15) is 9.18 Å². The number of fused-ring (bicyclic) bond motifs is 1. The van der Waals surface area contributed by atoms with E-state index in [1.54, 1.807) is 0 Å². The van der Waals surface area contributed by atoms with Crippen molar-refractivity contribution < 1.29 is 13.6 Å². The van der Waals surface area contributed by atoms with E-state index in [2.05, 4.69) is 14.7 Å². The van der Waals surface area contributed by atoms with Gasteiger partial charge in [-0.3, -0.25) is 9.79 Å². The van der Waals surface area contributed by atoms with Crippen molar-refractivity contribution in [2.45, 2.75) is 18.2 Å². The number of hydrogen-bond acceptors (Lipinski definition) is 4. The van der Waals surface area contributed by atoms with Gasteiger partial charge >= 0.3 is 0 Å². The number of aromatic nitrogens is 1. The van der Waals surface area contributed by atoms with E-state index < -0.39 is 23.0 Å². The Kier molecular flexibility index (Phi) is 5.00. The Balaban J connectivity index is 1.67. The summed E-state index contributed by atoms with van der Waals surface area (Å²) in [4.78, 5) is 21.0. The molecule has 142 valence electrons. The van der Waals surface area contributed by atoms with Crippen molar-refractivity contribution in [1.82, 2.24) is 4.98 Å². The van der Waals surface area contributed by atoms with Gasteiger partial charge in [0.15, 0.2) is 5.82 Å². The molecule has 4 rings (SSSR count). The third kappa shape index (κ3) is 3.45. The molecule has 2 aromatic carbocycles. The SMILES string of the molecule is Cc1cccc(SNc2ccc(F)c(C(=O)c3c[nH]c4c3=CCCN=4)c2F)c1. The lowest BCUT2D eigenvalue weighted by molar-refractivity contribution is 0.103. The number of hydrogen-bond donors (Lipinski definition) is 2. The highest BCUT2D eigenvalue weighted by Gasteiger charge is 2.24. The van der Waals surface area contributed by atoms with Crippen LogP contribution in [0.3, 0.4) is 0 Å². The second-order valence-corrected chi connectivity index (χ2v) is 7.35. The first kappa shape index (κ1) is 18.4. The largest absolute Gasteiger partial charge is 0.346 e. The number of aromatic amines is 1. The minimum atomic E-state index is -0.909. The van der Waals surface area contributed by atoms with Gasteiger partial charge in [-0.1, -0.05) is 18.2 Å². The third-order valence-electron chi connectivity index (χ3n) is 4.48. The third-order valence-corrected chi connectivity index (χ3v) is 5.29. The number of rotatable bonds is 5. The second-order valence-electron chi connectivity index (χ2n) is 6.47. The molecule has 0 fully saturated rings. The van der Waals surface area contributed by atoms with Crippen molar-refractivity contribution in [3.8, 4) is 0 Å². The maximum atomic E-state index is 15.0. The summed E-state index contributed by atoms with van der Waals surface area (Å²) < 4.78 is 32.3. The molecule has 0 saturated carbocycles. The van der Waals surface area contributed by atoms with E-state index in [1.807, 2.05) is 37.3 Å². The summed E-state index contributed by atoms with van der Waals surface area (Å²) in [7, 11) is 0. The topological polar surface area (TPSA) is 57.2 Å². The van der Waals surface area contributed by atoms with E-state index in [4.69, 9.17) is 0 Å². The predicted octanol–water partition coefficient (Wildman–Crippen LogP) is 3.76. The molecule has 7 heteroatoms. The van der Waals surface area contributed by atoms with Gasteiger partial charge in [0.1, 0.15) is 11.3 Å². The van der Waals surface area contributed by atoms with E-state index >= 15 is 4.39 Å². The Morgan fingerprint density at radius 2 is 2.11 bits per heavy atom. The van der Waals surface area contributed by atoms with E-state index in [0.29, 0.717) is 23.7 Å². The fourth-order valence-corrected chi connectivity index (χ4v) is 3.88. The summed E-state index contributed by atoms with van der Waals surface area (Å²) in [6, 6.07) is 10.1. The molecule has 0 radical (unpaired) electrons. The minimum Gasteiger partial charge on any atom is -0.346 e. The lowest BCUT2D eigenvalue weighted by atomic mass is 10.0. The number of halogens is 2. The van der Waals surface area contributed by atoms with Gasteiger partial charge in [0.05, 0.1) is 11.3 Å². The van der Waals surface area contributed by atoms with E-state index in [1.165, 1.54) is 24.2 Å². The van der Waals surface area contributed by atoms with Gasteiger partial charge in [0.25, 0.3) is 0 Å². The summed E-state index contributed by atoms with van der Waals surface area (Å²) in [5.41, 5.74) is 1.34. The standard InChI is InChI=1S/C21H17F2N3OS/c1-12-4-2-5-13(10-12)28-26-17-8-7-16(22)18(19(17)23)20(27)15-11-25-21-14(15)6-3-9-24-21/h2,4-8,10-11,26H,3,9H2,1H3,(H,24,25). The molecule has 28 heavy (non-hydrogen) atoms. The summed E-state index contributed by atoms with van der Waals surface area (Å²) in [5, 5.41) is 0.600. The lowest BCUT2D eigenvalue weighted by Gasteiger charge is -2.11. The van der Waals surface area contributed by atoms with Crippen molar-refractivity contribution in [2.75, 3.05) is 11.3 Å². The first-order chi connectivity index (χ1) is 13.5. The molecule has 0 spiro atoms. The van der Waals surface area contributed by atoms with E-state index in [0.717, 1.165) is 16.5 Å². The Hall–Kier alpha value is -2.93. The van der Waals surface area contributed by atoms with Gasteiger partial charge in [-0.15, -0.1) is 0 Å². The Labute approximate surface area is 164 Å². The van der Waals surface area contributed by atoms with Crippen LogP contribution < -0.4 is 15.4 Å². The number of carbonyl (C=O) groups is 1. The summed E-state index contributed by atoms with van der Waals surface area (Å²) >= 11 is 1.20. The van der Waals surface area contributed by atoms with Crippen molar-refractivity contribution in [2.24, 2.45) is 4.99 Å². The van der Waals surface area contributed by atoms with Crippen LogP contribution in [0.1, 0.15) is 27.9 Å². The smallest absolute Gasteiger partial charge is 0.201 e. The minimum absolute atomic E-state index is 0.0503. The Morgan fingerprint density at radius 1 is 1.25 bits per heavy atom. The molecule has 1 aromatic heterocycles. The van der Waals surface area contributed by atoms with Gasteiger partial charge < -0.3 is 9.71 Å². The number of aryl methyl sites for hydroxylation is 1. The molecule has 3 aromatic rings. The number of benzene rings is 2. The molecule has 0 atom stereocenters. The zero-order valence-corrected chi connectivity index (χ0v) is 15.9. The normalized spacial score (nSPS) is 12.7. The molecule has 1 aliphatic rings.